The van der Waals surface area contributed by atoms with Crippen LogP contribution in [0.5, 0.6) is 0 Å². The van der Waals surface area contributed by atoms with E-state index in [0.29, 0.717) is 6.61 Å². The molecule has 0 aromatic heterocycles. The quantitative estimate of drug-likeness (QED) is 0.799. The molecule has 1 unspecified atom stereocenters. The summed E-state index contributed by atoms with van der Waals surface area (Å²) in [6, 6.07) is 0. The van der Waals surface area contributed by atoms with Crippen LogP contribution in [0.4, 0.5) is 0 Å². The van der Waals surface area contributed by atoms with Crippen LogP contribution < -0.4 is 0 Å². The van der Waals surface area contributed by atoms with Crippen LogP contribution in [-0.4, -0.2) is 26.2 Å². The van der Waals surface area contributed by atoms with Crippen molar-refractivity contribution in [2.24, 2.45) is 5.41 Å². The van der Waals surface area contributed by atoms with Gasteiger partial charge in [0.05, 0.1) is 5.76 Å². The van der Waals surface area contributed by atoms with E-state index in [-0.39, 0.29) is 11.6 Å². The highest BCUT2D eigenvalue weighted by molar-refractivity contribution is 6.70. The first-order valence-corrected chi connectivity index (χ1v) is 9.71. The van der Waals surface area contributed by atoms with Gasteiger partial charge in [-0.15, -0.1) is 0 Å². The van der Waals surface area contributed by atoms with Crippen molar-refractivity contribution in [3.63, 3.8) is 0 Å². The van der Waals surface area contributed by atoms with Gasteiger partial charge in [0.1, 0.15) is 0 Å². The van der Waals surface area contributed by atoms with E-state index >= 15 is 0 Å². The Balaban J connectivity index is 0.000000873. The Hall–Kier alpha value is -0.903. The molecule has 0 aromatic rings. The average Bonchev–Trinajstić information content (AvgIpc) is 2.30. The van der Waals surface area contributed by atoms with Crippen molar-refractivity contribution in [3.8, 4) is 0 Å². The van der Waals surface area contributed by atoms with Crippen LogP contribution in [0.25, 0.3) is 0 Å². The number of hydrogen-bond donors (Lipinski definition) is 1. The van der Waals surface area contributed by atoms with Crippen molar-refractivity contribution in [2.45, 2.75) is 52.2 Å². The van der Waals surface area contributed by atoms with E-state index in [4.69, 9.17) is 14.0 Å². The van der Waals surface area contributed by atoms with Crippen LogP contribution in [0.1, 0.15) is 32.6 Å². The summed E-state index contributed by atoms with van der Waals surface area (Å²) in [6.45, 7) is 9.10. The zero-order valence-corrected chi connectivity index (χ0v) is 12.8. The standard InChI is InChI=1S/C12H24O2Si.CO2/c1-5-12(10-13)8-6-11(7-9-12)14-15(2,3)4;2-1-3/h6,13H,5,7-10H2,1-4H3;. The zero-order chi connectivity index (χ0) is 14.2. The van der Waals surface area contributed by atoms with Crippen molar-refractivity contribution in [1.29, 1.82) is 0 Å². The van der Waals surface area contributed by atoms with Crippen molar-refractivity contribution < 1.29 is 19.1 Å². The first-order valence-electron chi connectivity index (χ1n) is 6.30. The van der Waals surface area contributed by atoms with E-state index < -0.39 is 8.32 Å². The summed E-state index contributed by atoms with van der Waals surface area (Å²) < 4.78 is 5.98. The lowest BCUT2D eigenvalue weighted by Gasteiger charge is -2.35. The smallest absolute Gasteiger partial charge is 0.373 e. The molecule has 5 heteroatoms. The van der Waals surface area contributed by atoms with Crippen molar-refractivity contribution in [2.75, 3.05) is 6.61 Å². The highest BCUT2D eigenvalue weighted by Gasteiger charge is 2.31. The molecule has 0 radical (unpaired) electrons. The summed E-state index contributed by atoms with van der Waals surface area (Å²) in [7, 11) is -1.44. The maximum absolute atomic E-state index is 9.40. The molecule has 1 atom stereocenters. The van der Waals surface area contributed by atoms with Crippen LogP contribution in [0.3, 0.4) is 0 Å². The van der Waals surface area contributed by atoms with Gasteiger partial charge in [0.25, 0.3) is 0 Å². The fourth-order valence-corrected chi connectivity index (χ4v) is 2.96. The van der Waals surface area contributed by atoms with Gasteiger partial charge in [-0.05, 0) is 50.4 Å². The normalized spacial score (nSPS) is 23.3. The molecule has 0 saturated carbocycles. The van der Waals surface area contributed by atoms with Crippen LogP contribution in [0.15, 0.2) is 11.8 Å². The largest absolute Gasteiger partial charge is 0.548 e. The van der Waals surface area contributed by atoms with Gasteiger partial charge in [-0.1, -0.05) is 6.92 Å². The lowest BCUT2D eigenvalue weighted by atomic mass is 9.75. The number of hydrogen-bond acceptors (Lipinski definition) is 4. The minimum atomic E-state index is -1.44. The van der Waals surface area contributed by atoms with E-state index in [1.165, 1.54) is 0 Å². The van der Waals surface area contributed by atoms with Crippen LogP contribution in [0, 0.1) is 5.41 Å². The van der Waals surface area contributed by atoms with Crippen LogP contribution in [0.2, 0.25) is 19.6 Å². The highest BCUT2D eigenvalue weighted by atomic mass is 28.4. The van der Waals surface area contributed by atoms with E-state index in [0.717, 1.165) is 31.4 Å². The average molecular weight is 272 g/mol. The maximum atomic E-state index is 9.40. The number of aliphatic hydroxyl groups excluding tert-OH is 1. The monoisotopic (exact) mass is 272 g/mol. The molecule has 4 nitrogen and oxygen atoms in total. The third kappa shape index (κ3) is 6.14. The molecule has 1 aliphatic carbocycles. The topological polar surface area (TPSA) is 63.6 Å². The SMILES string of the molecule is CCC1(CO)CC=C(O[Si](C)(C)C)CC1.O=C=O. The van der Waals surface area contributed by atoms with Gasteiger partial charge in [-0.2, -0.15) is 9.59 Å². The number of rotatable bonds is 4. The Morgan fingerprint density at radius 3 is 2.28 bits per heavy atom. The summed E-state index contributed by atoms with van der Waals surface area (Å²) in [5, 5.41) is 9.40. The predicted octanol–water partition coefficient (Wildman–Crippen LogP) is 2.71. The van der Waals surface area contributed by atoms with Crippen molar-refractivity contribution >= 4 is 14.5 Å². The Labute approximate surface area is 110 Å². The van der Waals surface area contributed by atoms with Crippen molar-refractivity contribution in [1.82, 2.24) is 0 Å². The fraction of sp³-hybridized carbons (Fsp3) is 0.769. The Morgan fingerprint density at radius 2 is 2.00 bits per heavy atom. The Bertz CT molecular complexity index is 307. The molecule has 0 saturated heterocycles. The van der Waals surface area contributed by atoms with Gasteiger partial charge < -0.3 is 9.53 Å². The molecule has 0 aromatic carbocycles. The third-order valence-electron chi connectivity index (χ3n) is 3.19. The first kappa shape index (κ1) is 17.1. The zero-order valence-electron chi connectivity index (χ0n) is 11.8. The molecule has 1 rings (SSSR count). The number of allylic oxidation sites excluding steroid dienone is 2. The molecule has 0 aliphatic heterocycles. The summed E-state index contributed by atoms with van der Waals surface area (Å²) in [5.74, 6) is 1.16. The molecule has 0 fully saturated rings. The van der Waals surface area contributed by atoms with Gasteiger partial charge in [0.15, 0.2) is 0 Å². The Morgan fingerprint density at radius 1 is 1.44 bits per heavy atom. The lowest BCUT2D eigenvalue weighted by molar-refractivity contribution is -0.191. The van der Waals surface area contributed by atoms with E-state index in [1.54, 1.807) is 0 Å². The second-order valence-corrected chi connectivity index (χ2v) is 10.1. The summed E-state index contributed by atoms with van der Waals surface area (Å²) >= 11 is 0. The van der Waals surface area contributed by atoms with Gasteiger partial charge >= 0.3 is 6.15 Å². The molecule has 0 heterocycles. The number of aliphatic hydroxyl groups is 1. The molecule has 0 spiro atoms. The molecular formula is C13H24O4Si. The lowest BCUT2D eigenvalue weighted by Crippen LogP contribution is -2.30. The van der Waals surface area contributed by atoms with Crippen molar-refractivity contribution in [3.05, 3.63) is 11.8 Å². The van der Waals surface area contributed by atoms with Gasteiger partial charge in [0, 0.05) is 13.0 Å². The maximum Gasteiger partial charge on any atom is 0.373 e. The molecule has 0 bridgehead atoms. The van der Waals surface area contributed by atoms with Gasteiger partial charge in [-0.25, -0.2) is 0 Å². The van der Waals surface area contributed by atoms with Crippen LogP contribution in [-0.2, 0) is 14.0 Å². The summed E-state index contributed by atoms with van der Waals surface area (Å²) in [4.78, 5) is 16.2. The van der Waals surface area contributed by atoms with E-state index in [1.807, 2.05) is 0 Å². The number of carbonyl (C=O) groups excluding carboxylic acids is 2. The van der Waals surface area contributed by atoms with Crippen LogP contribution >= 0.6 is 0 Å². The minimum absolute atomic E-state index is 0.131. The fourth-order valence-electron chi connectivity index (χ4n) is 1.99. The minimum Gasteiger partial charge on any atom is -0.548 e. The first-order chi connectivity index (χ1) is 8.32. The van der Waals surface area contributed by atoms with E-state index in [2.05, 4.69) is 32.6 Å². The summed E-state index contributed by atoms with van der Waals surface area (Å²) in [6.07, 6.45) is 6.54. The van der Waals surface area contributed by atoms with Gasteiger partial charge in [0.2, 0.25) is 8.32 Å². The Kier molecular flexibility index (Phi) is 7.14. The van der Waals surface area contributed by atoms with E-state index in [9.17, 15) is 5.11 Å². The molecular weight excluding hydrogens is 248 g/mol. The summed E-state index contributed by atoms with van der Waals surface area (Å²) in [5.41, 5.74) is 0.131. The molecule has 104 valence electrons. The molecule has 1 aliphatic rings. The second kappa shape index (κ2) is 7.51. The third-order valence-corrected chi connectivity index (χ3v) is 4.06. The molecule has 1 N–H and O–H groups in total. The second-order valence-electron chi connectivity index (χ2n) is 5.68. The molecule has 0 amide bonds. The highest BCUT2D eigenvalue weighted by Crippen LogP contribution is 2.38. The predicted molar refractivity (Wildman–Crippen MR) is 71.2 cm³/mol. The van der Waals surface area contributed by atoms with Gasteiger partial charge in [-0.3, -0.25) is 0 Å². The molecule has 18 heavy (non-hydrogen) atoms.